The number of halogens is 3. The molecule has 0 aliphatic rings. The molecule has 26 heavy (non-hydrogen) atoms. The Morgan fingerprint density at radius 3 is 2.35 bits per heavy atom. The van der Waals surface area contributed by atoms with Crippen molar-refractivity contribution in [1.82, 2.24) is 20.2 Å². The van der Waals surface area contributed by atoms with Crippen LogP contribution in [0.25, 0.3) is 0 Å². The lowest BCUT2D eigenvalue weighted by Crippen LogP contribution is -2.33. The van der Waals surface area contributed by atoms with Gasteiger partial charge in [0, 0.05) is 31.5 Å². The van der Waals surface area contributed by atoms with Gasteiger partial charge >= 0.3 is 6.18 Å². The van der Waals surface area contributed by atoms with Gasteiger partial charge in [0.1, 0.15) is 6.54 Å². The molecule has 10 heteroatoms. The van der Waals surface area contributed by atoms with Crippen molar-refractivity contribution >= 4 is 17.6 Å². The minimum Gasteiger partial charge on any atom is -0.382 e. The van der Waals surface area contributed by atoms with E-state index >= 15 is 0 Å². The Morgan fingerprint density at radius 2 is 1.77 bits per heavy atom. The monoisotopic (exact) mass is 367 g/mol. The van der Waals surface area contributed by atoms with Gasteiger partial charge < -0.3 is 16.0 Å². The maximum absolute atomic E-state index is 12.3. The van der Waals surface area contributed by atoms with Gasteiger partial charge in [-0.2, -0.15) is 13.2 Å². The lowest BCUT2D eigenvalue weighted by atomic mass is 10.1. The van der Waals surface area contributed by atoms with Gasteiger partial charge in [0.25, 0.3) is 11.8 Å². The first-order chi connectivity index (χ1) is 12.2. The summed E-state index contributed by atoms with van der Waals surface area (Å²) in [5, 5.41) is 1.79. The fourth-order valence-electron chi connectivity index (χ4n) is 2.08. The van der Waals surface area contributed by atoms with Gasteiger partial charge in [-0.15, -0.1) is 0 Å². The van der Waals surface area contributed by atoms with Gasteiger partial charge in [-0.1, -0.05) is 12.1 Å². The van der Waals surface area contributed by atoms with E-state index in [-0.39, 0.29) is 23.6 Å². The fourth-order valence-corrected chi connectivity index (χ4v) is 2.08. The highest BCUT2D eigenvalue weighted by molar-refractivity contribution is 5.96. The van der Waals surface area contributed by atoms with Gasteiger partial charge in [-0.05, 0) is 17.7 Å². The van der Waals surface area contributed by atoms with E-state index in [9.17, 15) is 22.8 Å². The first kappa shape index (κ1) is 19.2. The van der Waals surface area contributed by atoms with Gasteiger partial charge in [0.2, 0.25) is 0 Å². The number of alkyl halides is 3. The summed E-state index contributed by atoms with van der Waals surface area (Å²) in [5.41, 5.74) is 6.41. The fraction of sp³-hybridized carbons (Fsp3) is 0.250. The molecule has 1 aromatic heterocycles. The smallest absolute Gasteiger partial charge is 0.382 e. The zero-order chi connectivity index (χ0) is 19.3. The van der Waals surface area contributed by atoms with Crippen LogP contribution in [0.1, 0.15) is 26.4 Å². The molecule has 0 unspecified atom stereocenters. The number of nitrogen functional groups attached to an aromatic ring is 1. The molecule has 138 valence electrons. The van der Waals surface area contributed by atoms with Crippen molar-refractivity contribution < 1.29 is 22.8 Å². The number of hydrogen-bond donors (Lipinski definition) is 2. The van der Waals surface area contributed by atoms with Crippen molar-refractivity contribution in [1.29, 1.82) is 0 Å². The van der Waals surface area contributed by atoms with Crippen LogP contribution in [0.15, 0.2) is 36.7 Å². The van der Waals surface area contributed by atoms with E-state index in [0.717, 1.165) is 0 Å². The third kappa shape index (κ3) is 5.16. The normalized spacial score (nSPS) is 11.1. The van der Waals surface area contributed by atoms with Crippen LogP contribution in [0.2, 0.25) is 0 Å². The topological polar surface area (TPSA) is 101 Å². The summed E-state index contributed by atoms with van der Waals surface area (Å²) in [6, 6.07) is 5.87. The number of carbonyl (C=O) groups excluding carboxylic acids is 2. The molecular formula is C16H16F3N5O2. The average molecular weight is 367 g/mol. The third-order valence-electron chi connectivity index (χ3n) is 3.36. The maximum atomic E-state index is 12.3. The number of benzene rings is 1. The Balaban J connectivity index is 1.99. The van der Waals surface area contributed by atoms with Gasteiger partial charge in [-0.3, -0.25) is 9.59 Å². The number of nitrogens with one attached hydrogen (secondary N) is 1. The molecule has 1 heterocycles. The third-order valence-corrected chi connectivity index (χ3v) is 3.36. The van der Waals surface area contributed by atoms with Crippen LogP contribution in [0.3, 0.4) is 0 Å². The highest BCUT2D eigenvalue weighted by Crippen LogP contribution is 2.14. The van der Waals surface area contributed by atoms with Crippen LogP contribution >= 0.6 is 0 Å². The van der Waals surface area contributed by atoms with E-state index in [2.05, 4.69) is 9.97 Å². The molecule has 0 spiro atoms. The summed E-state index contributed by atoms with van der Waals surface area (Å²) in [6.45, 7) is -1.20. The number of amides is 2. The summed E-state index contributed by atoms with van der Waals surface area (Å²) in [4.78, 5) is 33.0. The summed E-state index contributed by atoms with van der Waals surface area (Å²) >= 11 is 0. The van der Waals surface area contributed by atoms with Crippen molar-refractivity contribution in [3.63, 3.8) is 0 Å². The molecule has 3 N–H and O–H groups in total. The quantitative estimate of drug-likeness (QED) is 0.836. The highest BCUT2D eigenvalue weighted by Gasteiger charge is 2.27. The average Bonchev–Trinajstić information content (AvgIpc) is 2.59. The van der Waals surface area contributed by atoms with Crippen molar-refractivity contribution in [2.45, 2.75) is 12.7 Å². The van der Waals surface area contributed by atoms with Gasteiger partial charge in [0.15, 0.2) is 11.5 Å². The second kappa shape index (κ2) is 7.81. The number of carbonyl (C=O) groups is 2. The second-order valence-electron chi connectivity index (χ2n) is 5.45. The van der Waals surface area contributed by atoms with Crippen LogP contribution in [-0.4, -0.2) is 46.5 Å². The van der Waals surface area contributed by atoms with E-state index in [1.54, 1.807) is 24.5 Å². The molecule has 0 aliphatic carbocycles. The predicted molar refractivity (Wildman–Crippen MR) is 87.1 cm³/mol. The molecule has 2 rings (SSSR count). The predicted octanol–water partition coefficient (Wildman–Crippen LogP) is 1.62. The number of rotatable bonds is 5. The Labute approximate surface area is 147 Å². The molecule has 0 atom stereocenters. The molecule has 0 saturated heterocycles. The number of anilines is 1. The molecule has 7 nitrogen and oxygen atoms in total. The lowest BCUT2D eigenvalue weighted by Gasteiger charge is -2.17. The van der Waals surface area contributed by atoms with E-state index in [1.165, 1.54) is 29.4 Å². The van der Waals surface area contributed by atoms with Crippen molar-refractivity contribution in [3.05, 3.63) is 53.5 Å². The number of nitrogens with zero attached hydrogens (tertiary/aromatic N) is 3. The largest absolute Gasteiger partial charge is 0.405 e. The number of nitrogens with two attached hydrogens (primary N) is 1. The Kier molecular flexibility index (Phi) is 5.75. The zero-order valence-corrected chi connectivity index (χ0v) is 13.7. The van der Waals surface area contributed by atoms with Gasteiger partial charge in [-0.25, -0.2) is 9.97 Å². The van der Waals surface area contributed by atoms with E-state index in [0.29, 0.717) is 5.56 Å². The summed E-state index contributed by atoms with van der Waals surface area (Å²) in [5.74, 6) is -1.24. The standard InChI is InChI=1S/C16H16F3N5O2/c1-24(15(26)12-13(20)22-7-6-21-12)8-10-2-4-11(5-3-10)14(25)23-9-16(17,18)19/h2-7H,8-9H2,1H3,(H2,20,22)(H,23,25). The molecule has 0 saturated carbocycles. The molecule has 0 radical (unpaired) electrons. The number of hydrogen-bond acceptors (Lipinski definition) is 5. The Morgan fingerprint density at radius 1 is 1.15 bits per heavy atom. The molecule has 2 aromatic rings. The molecule has 0 aliphatic heterocycles. The highest BCUT2D eigenvalue weighted by atomic mass is 19.4. The van der Waals surface area contributed by atoms with Crippen molar-refractivity contribution in [3.8, 4) is 0 Å². The van der Waals surface area contributed by atoms with Crippen LogP contribution < -0.4 is 11.1 Å². The zero-order valence-electron chi connectivity index (χ0n) is 13.7. The Hall–Kier alpha value is -3.17. The first-order valence-electron chi connectivity index (χ1n) is 7.43. The molecule has 1 aromatic carbocycles. The first-order valence-corrected chi connectivity index (χ1v) is 7.43. The van der Waals surface area contributed by atoms with Crippen LogP contribution in [-0.2, 0) is 6.54 Å². The molecule has 0 bridgehead atoms. The van der Waals surface area contributed by atoms with Crippen LogP contribution in [0, 0.1) is 0 Å². The summed E-state index contributed by atoms with van der Waals surface area (Å²) < 4.78 is 36.3. The van der Waals surface area contributed by atoms with Crippen molar-refractivity contribution in [2.75, 3.05) is 19.3 Å². The Bertz CT molecular complexity index is 793. The minimum absolute atomic E-state index is 0.0148. The van der Waals surface area contributed by atoms with E-state index in [4.69, 9.17) is 5.73 Å². The second-order valence-corrected chi connectivity index (χ2v) is 5.45. The van der Waals surface area contributed by atoms with Crippen molar-refractivity contribution in [2.24, 2.45) is 0 Å². The lowest BCUT2D eigenvalue weighted by molar-refractivity contribution is -0.123. The molecular weight excluding hydrogens is 351 g/mol. The van der Waals surface area contributed by atoms with Crippen LogP contribution in [0.5, 0.6) is 0 Å². The summed E-state index contributed by atoms with van der Waals surface area (Å²) in [7, 11) is 1.54. The van der Waals surface area contributed by atoms with E-state index < -0.39 is 24.5 Å². The van der Waals surface area contributed by atoms with Crippen LogP contribution in [0.4, 0.5) is 19.0 Å². The summed E-state index contributed by atoms with van der Waals surface area (Å²) in [6.07, 6.45) is -1.75. The SMILES string of the molecule is CN(Cc1ccc(C(=O)NCC(F)(F)F)cc1)C(=O)c1nccnc1N. The van der Waals surface area contributed by atoms with E-state index in [1.807, 2.05) is 0 Å². The minimum atomic E-state index is -4.47. The molecule has 0 fully saturated rings. The molecule has 2 amide bonds. The van der Waals surface area contributed by atoms with Gasteiger partial charge in [0.05, 0.1) is 0 Å². The maximum Gasteiger partial charge on any atom is 0.405 e. The number of aromatic nitrogens is 2.